The molecule has 0 aromatic heterocycles. The van der Waals surface area contributed by atoms with Crippen LogP contribution in [0, 0.1) is 11.8 Å². The average Bonchev–Trinajstić information content (AvgIpc) is 2.46. The maximum Gasteiger partial charge on any atom is 0.326 e. The summed E-state index contributed by atoms with van der Waals surface area (Å²) >= 11 is 0. The van der Waals surface area contributed by atoms with Crippen molar-refractivity contribution in [3.63, 3.8) is 0 Å². The maximum absolute atomic E-state index is 12.7. The monoisotopic (exact) mass is 296 g/mol. The molecule has 2 rings (SSSR count). The third kappa shape index (κ3) is 3.69. The number of rotatable bonds is 2. The molecule has 1 saturated carbocycles. The fraction of sp³-hybridized carbons (Fsp3) is 0.875. The van der Waals surface area contributed by atoms with E-state index in [2.05, 4.69) is 13.8 Å². The minimum absolute atomic E-state index is 0.103. The number of likely N-dealkylation sites (tertiary alicyclic amines) is 1. The summed E-state index contributed by atoms with van der Waals surface area (Å²) in [6.07, 6.45) is 5.84. The molecule has 0 aromatic carbocycles. The van der Waals surface area contributed by atoms with Gasteiger partial charge in [0.1, 0.15) is 6.04 Å². The predicted octanol–water partition coefficient (Wildman–Crippen LogP) is 2.80. The van der Waals surface area contributed by atoms with Gasteiger partial charge < -0.3 is 14.9 Å². The Kier molecular flexibility index (Phi) is 5.12. The van der Waals surface area contributed by atoms with E-state index in [1.165, 1.54) is 0 Å². The second-order valence-electron chi connectivity index (χ2n) is 6.98. The van der Waals surface area contributed by atoms with Gasteiger partial charge in [-0.25, -0.2) is 9.59 Å². The Bertz CT molecular complexity index is 391. The van der Waals surface area contributed by atoms with E-state index >= 15 is 0 Å². The van der Waals surface area contributed by atoms with Crippen LogP contribution in [0.4, 0.5) is 4.79 Å². The normalized spacial score (nSPS) is 33.6. The number of hydrogen-bond donors (Lipinski definition) is 1. The highest BCUT2D eigenvalue weighted by Crippen LogP contribution is 2.29. The Morgan fingerprint density at radius 3 is 2.24 bits per heavy atom. The van der Waals surface area contributed by atoms with Crippen LogP contribution in [0.2, 0.25) is 0 Å². The van der Waals surface area contributed by atoms with Gasteiger partial charge in [-0.05, 0) is 50.4 Å². The van der Waals surface area contributed by atoms with Gasteiger partial charge in [-0.1, -0.05) is 13.8 Å². The number of piperidine rings is 1. The fourth-order valence-corrected chi connectivity index (χ4v) is 3.59. The Hall–Kier alpha value is -1.26. The third-order valence-electron chi connectivity index (χ3n) is 5.23. The fourth-order valence-electron chi connectivity index (χ4n) is 3.59. The summed E-state index contributed by atoms with van der Waals surface area (Å²) in [5, 5.41) is 9.39. The standard InChI is InChI=1S/C16H28N2O3/c1-11-4-6-13(7-5-11)17(3)16(21)18-9-8-12(2)10-14(18)15(19)20/h11-14H,4-10H2,1-3H3,(H,19,20). The number of carbonyl (C=O) groups excluding carboxylic acids is 1. The second kappa shape index (κ2) is 6.67. The van der Waals surface area contributed by atoms with Gasteiger partial charge in [0, 0.05) is 19.6 Å². The highest BCUT2D eigenvalue weighted by molar-refractivity contribution is 5.83. The quantitative estimate of drug-likeness (QED) is 0.852. The lowest BCUT2D eigenvalue weighted by atomic mass is 9.86. The van der Waals surface area contributed by atoms with Crippen molar-refractivity contribution in [2.75, 3.05) is 13.6 Å². The molecule has 2 fully saturated rings. The summed E-state index contributed by atoms with van der Waals surface area (Å²) in [6, 6.07) is -0.498. The van der Waals surface area contributed by atoms with Gasteiger partial charge >= 0.3 is 12.0 Å². The summed E-state index contributed by atoms with van der Waals surface area (Å²) in [5.74, 6) is 0.240. The number of carbonyl (C=O) groups is 2. The number of aliphatic carboxylic acids is 1. The first-order valence-electron chi connectivity index (χ1n) is 8.16. The van der Waals surface area contributed by atoms with E-state index in [0.29, 0.717) is 18.9 Å². The second-order valence-corrected chi connectivity index (χ2v) is 6.98. The van der Waals surface area contributed by atoms with Crippen LogP contribution in [-0.2, 0) is 4.79 Å². The van der Waals surface area contributed by atoms with Gasteiger partial charge in [0.2, 0.25) is 0 Å². The van der Waals surface area contributed by atoms with Gasteiger partial charge in [0.25, 0.3) is 0 Å². The topological polar surface area (TPSA) is 60.9 Å². The summed E-state index contributed by atoms with van der Waals surface area (Å²) in [5.41, 5.74) is 0. The van der Waals surface area contributed by atoms with Crippen molar-refractivity contribution in [2.24, 2.45) is 11.8 Å². The summed E-state index contributed by atoms with van der Waals surface area (Å²) in [7, 11) is 1.83. The van der Waals surface area contributed by atoms with Crippen LogP contribution < -0.4 is 0 Å². The van der Waals surface area contributed by atoms with Crippen molar-refractivity contribution < 1.29 is 14.7 Å². The molecule has 1 saturated heterocycles. The maximum atomic E-state index is 12.7. The van der Waals surface area contributed by atoms with E-state index < -0.39 is 12.0 Å². The van der Waals surface area contributed by atoms with Crippen LogP contribution in [0.1, 0.15) is 52.4 Å². The molecule has 2 amide bonds. The summed E-state index contributed by atoms with van der Waals surface area (Å²) in [6.45, 7) is 4.87. The van der Waals surface area contributed by atoms with Crippen molar-refractivity contribution in [2.45, 2.75) is 64.5 Å². The Morgan fingerprint density at radius 2 is 1.67 bits per heavy atom. The molecule has 0 radical (unpaired) electrons. The molecule has 0 spiro atoms. The molecule has 1 N–H and O–H groups in total. The van der Waals surface area contributed by atoms with Gasteiger partial charge in [-0.2, -0.15) is 0 Å². The number of hydrogen-bond acceptors (Lipinski definition) is 2. The van der Waals surface area contributed by atoms with Crippen molar-refractivity contribution in [1.29, 1.82) is 0 Å². The Balaban J connectivity index is 2.01. The van der Waals surface area contributed by atoms with E-state index in [0.717, 1.165) is 38.0 Å². The first-order chi connectivity index (χ1) is 9.90. The van der Waals surface area contributed by atoms with E-state index in [1.807, 2.05) is 7.05 Å². The molecule has 1 aliphatic carbocycles. The summed E-state index contributed by atoms with van der Waals surface area (Å²) < 4.78 is 0. The lowest BCUT2D eigenvalue weighted by Crippen LogP contribution is -2.55. The largest absolute Gasteiger partial charge is 0.480 e. The summed E-state index contributed by atoms with van der Waals surface area (Å²) in [4.78, 5) is 27.5. The average molecular weight is 296 g/mol. The first-order valence-corrected chi connectivity index (χ1v) is 8.16. The number of carboxylic acids is 1. The van der Waals surface area contributed by atoms with E-state index in [9.17, 15) is 14.7 Å². The molecular weight excluding hydrogens is 268 g/mol. The lowest BCUT2D eigenvalue weighted by Gasteiger charge is -2.41. The zero-order valence-electron chi connectivity index (χ0n) is 13.4. The van der Waals surface area contributed by atoms with Crippen molar-refractivity contribution in [3.05, 3.63) is 0 Å². The minimum Gasteiger partial charge on any atom is -0.480 e. The molecule has 5 nitrogen and oxygen atoms in total. The van der Waals surface area contributed by atoms with E-state index in [4.69, 9.17) is 0 Å². The Labute approximate surface area is 127 Å². The molecule has 2 atom stereocenters. The highest BCUT2D eigenvalue weighted by atomic mass is 16.4. The molecule has 120 valence electrons. The van der Waals surface area contributed by atoms with Crippen molar-refractivity contribution in [3.8, 4) is 0 Å². The number of carboxylic acid groups (broad SMARTS) is 1. The molecule has 5 heteroatoms. The zero-order valence-corrected chi connectivity index (χ0v) is 13.4. The van der Waals surface area contributed by atoms with Gasteiger partial charge in [0.05, 0.1) is 0 Å². The van der Waals surface area contributed by atoms with Gasteiger partial charge in [-0.3, -0.25) is 0 Å². The van der Waals surface area contributed by atoms with Gasteiger partial charge in [0.15, 0.2) is 0 Å². The van der Waals surface area contributed by atoms with Crippen molar-refractivity contribution in [1.82, 2.24) is 9.80 Å². The van der Waals surface area contributed by atoms with Crippen LogP contribution in [0.3, 0.4) is 0 Å². The molecule has 1 heterocycles. The number of amides is 2. The smallest absolute Gasteiger partial charge is 0.326 e. The molecule has 1 aliphatic heterocycles. The van der Waals surface area contributed by atoms with Crippen LogP contribution in [-0.4, -0.2) is 52.6 Å². The molecule has 2 aliphatic rings. The van der Waals surface area contributed by atoms with Gasteiger partial charge in [-0.15, -0.1) is 0 Å². The Morgan fingerprint density at radius 1 is 1.05 bits per heavy atom. The van der Waals surface area contributed by atoms with Crippen LogP contribution >= 0.6 is 0 Å². The van der Waals surface area contributed by atoms with E-state index in [-0.39, 0.29) is 12.1 Å². The molecule has 0 aromatic rings. The third-order valence-corrected chi connectivity index (χ3v) is 5.23. The molecule has 21 heavy (non-hydrogen) atoms. The number of nitrogens with zero attached hydrogens (tertiary/aromatic N) is 2. The molecular formula is C16H28N2O3. The minimum atomic E-state index is -0.874. The highest BCUT2D eigenvalue weighted by Gasteiger charge is 2.37. The van der Waals surface area contributed by atoms with Crippen LogP contribution in [0.5, 0.6) is 0 Å². The lowest BCUT2D eigenvalue weighted by molar-refractivity contribution is -0.144. The SMILES string of the molecule is CC1CCC(N(C)C(=O)N2CCC(C)CC2C(=O)O)CC1. The van der Waals surface area contributed by atoms with Crippen molar-refractivity contribution >= 4 is 12.0 Å². The molecule has 0 bridgehead atoms. The van der Waals surface area contributed by atoms with E-state index in [1.54, 1.807) is 9.80 Å². The predicted molar refractivity (Wildman–Crippen MR) is 81.1 cm³/mol. The first kappa shape index (κ1) is 16.1. The van der Waals surface area contributed by atoms with Crippen LogP contribution in [0.25, 0.3) is 0 Å². The van der Waals surface area contributed by atoms with Crippen LogP contribution in [0.15, 0.2) is 0 Å². The zero-order chi connectivity index (χ0) is 15.6. The number of urea groups is 1. The molecule has 2 unspecified atom stereocenters.